The highest BCUT2D eigenvalue weighted by atomic mass is 35.5. The second-order valence-electron chi connectivity index (χ2n) is 1.55. The maximum Gasteiger partial charge on any atom is 0.252 e. The average molecular weight is 180 g/mol. The lowest BCUT2D eigenvalue weighted by atomic mass is 10.6. The number of nitrogens with one attached hydrogen (secondary N) is 2. The fourth-order valence-electron chi connectivity index (χ4n) is 0.505. The number of aromatic amines is 1. The van der Waals surface area contributed by atoms with Crippen LogP contribution in [0.2, 0.25) is 0 Å². The normalized spacial score (nSPS) is 7.36. The fourth-order valence-corrected chi connectivity index (χ4v) is 0.505. The zero-order valence-corrected chi connectivity index (χ0v) is 6.73. The van der Waals surface area contributed by atoms with Crippen LogP contribution >= 0.6 is 12.4 Å². The van der Waals surface area contributed by atoms with Crippen molar-refractivity contribution in [2.75, 3.05) is 12.4 Å². The van der Waals surface area contributed by atoms with Crippen molar-refractivity contribution < 1.29 is 5.48 Å². The Kier molecular flexibility index (Phi) is 6.52. The second kappa shape index (κ2) is 5.70. The first kappa shape index (κ1) is 12.6. The monoisotopic (exact) mass is 179 g/mol. The molecule has 0 amide bonds. The Bertz CT molecular complexity index is 249. The van der Waals surface area contributed by atoms with Gasteiger partial charge in [-0.1, -0.05) is 0 Å². The van der Waals surface area contributed by atoms with Gasteiger partial charge in [0, 0.05) is 13.1 Å². The Morgan fingerprint density at radius 2 is 2.27 bits per heavy atom. The summed E-state index contributed by atoms with van der Waals surface area (Å²) in [6, 6.07) is 1.39. The summed E-state index contributed by atoms with van der Waals surface area (Å²) >= 11 is 0. The fraction of sp³-hybridized carbons (Fsp3) is 0.200. The summed E-state index contributed by atoms with van der Waals surface area (Å²) in [7, 11) is 1.71. The molecule has 1 aromatic heterocycles. The average Bonchev–Trinajstić information content (AvgIpc) is 1.88. The molecule has 1 rings (SSSR count). The predicted molar refractivity (Wildman–Crippen MR) is 45.3 cm³/mol. The second-order valence-corrected chi connectivity index (χ2v) is 1.55. The SMILES string of the molecule is CNc1cc(=O)[nH]cn1.Cl.O. The third kappa shape index (κ3) is 3.59. The van der Waals surface area contributed by atoms with Gasteiger partial charge < -0.3 is 15.8 Å². The van der Waals surface area contributed by atoms with Gasteiger partial charge in [-0.2, -0.15) is 0 Å². The molecule has 1 heterocycles. The molecule has 5 nitrogen and oxygen atoms in total. The molecule has 0 saturated carbocycles. The van der Waals surface area contributed by atoms with E-state index in [1.54, 1.807) is 7.05 Å². The van der Waals surface area contributed by atoms with Crippen LogP contribution in [-0.4, -0.2) is 22.5 Å². The minimum Gasteiger partial charge on any atom is -0.412 e. The minimum atomic E-state index is -0.144. The molecule has 0 radical (unpaired) electrons. The summed E-state index contributed by atoms with van der Waals surface area (Å²) in [6.07, 6.45) is 1.36. The summed E-state index contributed by atoms with van der Waals surface area (Å²) in [4.78, 5) is 16.7. The third-order valence-electron chi connectivity index (χ3n) is 0.934. The first-order valence-electron chi connectivity index (χ1n) is 2.55. The standard InChI is InChI=1S/C5H7N3O.ClH.H2O/c1-6-4-2-5(9)8-3-7-4;;/h2-3H,1H3,(H2,6,7,8,9);1H;1H2. The van der Waals surface area contributed by atoms with Crippen molar-refractivity contribution in [3.63, 3.8) is 0 Å². The highest BCUT2D eigenvalue weighted by molar-refractivity contribution is 5.85. The zero-order chi connectivity index (χ0) is 6.69. The Morgan fingerprint density at radius 1 is 1.64 bits per heavy atom. The number of nitrogens with zero attached hydrogens (tertiary/aromatic N) is 1. The highest BCUT2D eigenvalue weighted by Crippen LogP contribution is 1.89. The van der Waals surface area contributed by atoms with Gasteiger partial charge in [0.25, 0.3) is 5.56 Å². The summed E-state index contributed by atoms with van der Waals surface area (Å²) < 4.78 is 0. The summed E-state index contributed by atoms with van der Waals surface area (Å²) in [5, 5.41) is 2.74. The van der Waals surface area contributed by atoms with Crippen LogP contribution in [-0.2, 0) is 0 Å². The van der Waals surface area contributed by atoms with Crippen LogP contribution in [0, 0.1) is 0 Å². The van der Waals surface area contributed by atoms with E-state index < -0.39 is 0 Å². The van der Waals surface area contributed by atoms with Gasteiger partial charge >= 0.3 is 0 Å². The van der Waals surface area contributed by atoms with Crippen LogP contribution in [0.4, 0.5) is 5.82 Å². The van der Waals surface area contributed by atoms with Crippen LogP contribution in [0.5, 0.6) is 0 Å². The predicted octanol–water partition coefficient (Wildman–Crippen LogP) is -0.591. The molecule has 64 valence electrons. The Morgan fingerprint density at radius 3 is 2.64 bits per heavy atom. The molecule has 4 N–H and O–H groups in total. The maximum atomic E-state index is 10.5. The van der Waals surface area contributed by atoms with Crippen molar-refractivity contribution in [3.8, 4) is 0 Å². The van der Waals surface area contributed by atoms with Gasteiger partial charge in [-0.15, -0.1) is 12.4 Å². The molecule has 1 aromatic rings. The summed E-state index contributed by atoms with van der Waals surface area (Å²) in [5.74, 6) is 0.582. The lowest BCUT2D eigenvalue weighted by molar-refractivity contribution is 0.824. The smallest absolute Gasteiger partial charge is 0.252 e. The Labute approximate surface area is 69.6 Å². The van der Waals surface area contributed by atoms with Crippen LogP contribution in [0.15, 0.2) is 17.2 Å². The van der Waals surface area contributed by atoms with Crippen molar-refractivity contribution in [1.82, 2.24) is 9.97 Å². The summed E-state index contributed by atoms with van der Waals surface area (Å²) in [6.45, 7) is 0. The quantitative estimate of drug-likeness (QED) is 0.604. The zero-order valence-electron chi connectivity index (χ0n) is 5.92. The van der Waals surface area contributed by atoms with Crippen molar-refractivity contribution in [2.24, 2.45) is 0 Å². The number of hydrogen-bond donors (Lipinski definition) is 2. The molecule has 6 heteroatoms. The third-order valence-corrected chi connectivity index (χ3v) is 0.934. The largest absolute Gasteiger partial charge is 0.412 e. The number of halogens is 1. The number of rotatable bonds is 1. The van der Waals surface area contributed by atoms with Gasteiger partial charge in [0.1, 0.15) is 5.82 Å². The molecule has 11 heavy (non-hydrogen) atoms. The molecule has 0 aliphatic heterocycles. The lowest BCUT2D eigenvalue weighted by Crippen LogP contribution is -2.05. The molecule has 0 fully saturated rings. The molecule has 0 aliphatic carbocycles. The van der Waals surface area contributed by atoms with Gasteiger partial charge in [0.2, 0.25) is 0 Å². The highest BCUT2D eigenvalue weighted by Gasteiger charge is 1.86. The molecule has 0 aromatic carbocycles. The number of H-pyrrole nitrogens is 1. The summed E-state index contributed by atoms with van der Waals surface area (Å²) in [5.41, 5.74) is -0.144. The van der Waals surface area contributed by atoms with E-state index in [1.807, 2.05) is 0 Å². The van der Waals surface area contributed by atoms with E-state index in [0.29, 0.717) is 5.82 Å². The van der Waals surface area contributed by atoms with E-state index in [0.717, 1.165) is 0 Å². The van der Waals surface area contributed by atoms with E-state index in [2.05, 4.69) is 15.3 Å². The van der Waals surface area contributed by atoms with E-state index in [9.17, 15) is 4.79 Å². The van der Waals surface area contributed by atoms with Gasteiger partial charge in [0.05, 0.1) is 6.33 Å². The molecule has 0 unspecified atom stereocenters. The van der Waals surface area contributed by atoms with Crippen LogP contribution < -0.4 is 10.9 Å². The lowest BCUT2D eigenvalue weighted by Gasteiger charge is -1.92. The first-order valence-corrected chi connectivity index (χ1v) is 2.55. The van der Waals surface area contributed by atoms with Gasteiger partial charge in [0.15, 0.2) is 0 Å². The van der Waals surface area contributed by atoms with Gasteiger partial charge in [-0.25, -0.2) is 4.98 Å². The van der Waals surface area contributed by atoms with Gasteiger partial charge in [-0.05, 0) is 0 Å². The van der Waals surface area contributed by atoms with E-state index >= 15 is 0 Å². The Hall–Kier alpha value is -1.07. The molecule has 0 saturated heterocycles. The molecular formula is C5H10ClN3O2. The van der Waals surface area contributed by atoms with E-state index in [1.165, 1.54) is 12.4 Å². The first-order chi connectivity index (χ1) is 4.33. The van der Waals surface area contributed by atoms with Crippen molar-refractivity contribution in [2.45, 2.75) is 0 Å². The molecule has 0 bridgehead atoms. The number of hydrogen-bond acceptors (Lipinski definition) is 3. The number of aromatic nitrogens is 2. The van der Waals surface area contributed by atoms with Crippen molar-refractivity contribution in [1.29, 1.82) is 0 Å². The van der Waals surface area contributed by atoms with Crippen LogP contribution in [0.25, 0.3) is 0 Å². The Balaban J connectivity index is 0. The molecule has 0 spiro atoms. The topological polar surface area (TPSA) is 89.3 Å². The minimum absolute atomic E-state index is 0. The van der Waals surface area contributed by atoms with Crippen molar-refractivity contribution in [3.05, 3.63) is 22.7 Å². The maximum absolute atomic E-state index is 10.5. The van der Waals surface area contributed by atoms with E-state index in [-0.39, 0.29) is 23.4 Å². The molecular weight excluding hydrogens is 170 g/mol. The van der Waals surface area contributed by atoms with Gasteiger partial charge in [-0.3, -0.25) is 4.79 Å². The van der Waals surface area contributed by atoms with E-state index in [4.69, 9.17) is 0 Å². The number of anilines is 1. The van der Waals surface area contributed by atoms with Crippen molar-refractivity contribution >= 4 is 18.2 Å². The molecule has 0 aliphatic rings. The van der Waals surface area contributed by atoms with Crippen LogP contribution in [0.1, 0.15) is 0 Å². The van der Waals surface area contributed by atoms with Crippen LogP contribution in [0.3, 0.4) is 0 Å². The molecule has 0 atom stereocenters.